The van der Waals surface area contributed by atoms with E-state index < -0.39 is 36.0 Å². The molecule has 1 N–H and O–H groups in total. The third-order valence-corrected chi connectivity index (χ3v) is 4.48. The molecule has 2 amide bonds. The summed E-state index contributed by atoms with van der Waals surface area (Å²) in [5, 5.41) is 8.68. The lowest BCUT2D eigenvalue weighted by Crippen LogP contribution is -2.53. The quantitative estimate of drug-likeness (QED) is 0.569. The van der Waals surface area contributed by atoms with E-state index in [-0.39, 0.29) is 25.7 Å². The molecule has 9 nitrogen and oxygen atoms in total. The van der Waals surface area contributed by atoms with Crippen molar-refractivity contribution in [2.45, 2.75) is 38.5 Å². The number of carbonyl (C=O) groups excluding carboxylic acids is 3. The first-order chi connectivity index (χ1) is 13.4. The van der Waals surface area contributed by atoms with Crippen LogP contribution >= 0.6 is 0 Å². The van der Waals surface area contributed by atoms with Crippen molar-refractivity contribution in [3.63, 3.8) is 0 Å². The van der Waals surface area contributed by atoms with Gasteiger partial charge < -0.3 is 24.1 Å². The predicted molar refractivity (Wildman–Crippen MR) is 97.2 cm³/mol. The van der Waals surface area contributed by atoms with Gasteiger partial charge in [-0.25, -0.2) is 9.69 Å². The van der Waals surface area contributed by atoms with E-state index in [2.05, 4.69) is 0 Å². The Morgan fingerprint density at radius 2 is 2.11 bits per heavy atom. The van der Waals surface area contributed by atoms with Crippen molar-refractivity contribution in [2.24, 2.45) is 5.92 Å². The number of aliphatic hydroxyl groups excluding tert-OH is 1. The third kappa shape index (κ3) is 5.18. The van der Waals surface area contributed by atoms with Crippen molar-refractivity contribution in [3.8, 4) is 0 Å². The molecule has 0 aromatic carbocycles. The molecule has 1 saturated heterocycles. The number of imide groups is 1. The third-order valence-electron chi connectivity index (χ3n) is 4.48. The van der Waals surface area contributed by atoms with Crippen molar-refractivity contribution in [1.82, 2.24) is 4.90 Å². The van der Waals surface area contributed by atoms with Crippen LogP contribution in [0.4, 0.5) is 4.79 Å². The van der Waals surface area contributed by atoms with Crippen molar-refractivity contribution in [1.29, 1.82) is 0 Å². The Bertz CT molecular complexity index is 642. The summed E-state index contributed by atoms with van der Waals surface area (Å²) in [5.41, 5.74) is 0. The van der Waals surface area contributed by atoms with E-state index in [0.717, 1.165) is 4.90 Å². The number of amides is 2. The molecular weight excluding hydrogens is 370 g/mol. The molecule has 0 aromatic heterocycles. The maximum Gasteiger partial charge on any atom is 0.417 e. The maximum atomic E-state index is 13.0. The second-order valence-electron chi connectivity index (χ2n) is 6.76. The number of ether oxygens (including phenoxy) is 4. The van der Waals surface area contributed by atoms with Crippen LogP contribution in [0.2, 0.25) is 0 Å². The van der Waals surface area contributed by atoms with Crippen LogP contribution in [-0.4, -0.2) is 79.6 Å². The Hall–Kier alpha value is -2.23. The molecule has 3 atom stereocenters. The average molecular weight is 397 g/mol. The minimum absolute atomic E-state index is 0.00912. The molecule has 9 heteroatoms. The number of carbonyl (C=O) groups is 3. The van der Waals surface area contributed by atoms with Crippen LogP contribution in [0.5, 0.6) is 0 Å². The Balaban J connectivity index is 2.10. The van der Waals surface area contributed by atoms with Gasteiger partial charge in [-0.05, 0) is 30.6 Å². The summed E-state index contributed by atoms with van der Waals surface area (Å²) in [7, 11) is 1.29. The summed E-state index contributed by atoms with van der Waals surface area (Å²) >= 11 is 0. The molecule has 0 radical (unpaired) electrons. The van der Waals surface area contributed by atoms with Gasteiger partial charge in [0.1, 0.15) is 12.4 Å². The molecule has 2 heterocycles. The molecule has 0 spiro atoms. The topological polar surface area (TPSA) is 112 Å². The first-order valence-electron chi connectivity index (χ1n) is 9.20. The van der Waals surface area contributed by atoms with Crippen LogP contribution < -0.4 is 0 Å². The largest absolute Gasteiger partial charge is 0.479 e. The number of nitrogens with zero attached hydrogens (tertiary/aromatic N) is 1. The number of aliphatic hydroxyl groups is 1. The number of hydrogen-bond donors (Lipinski definition) is 1. The molecule has 0 aliphatic carbocycles. The van der Waals surface area contributed by atoms with E-state index in [0.29, 0.717) is 18.8 Å². The second-order valence-corrected chi connectivity index (χ2v) is 6.76. The Labute approximate surface area is 163 Å². The fourth-order valence-corrected chi connectivity index (χ4v) is 2.95. The standard InChI is InChI=1S/C19H27NO8/c1-12(2)14-11-27-19(24)20(14)18(23)17(25-3)16-15(22)7-6-13(28-16)5-4-9-26-10-8-21/h5-7,12,14,16-17,21H,4,8-11H2,1-3H3/t14-,16-,17+/m1/s1. The highest BCUT2D eigenvalue weighted by molar-refractivity contribution is 6.03. The van der Waals surface area contributed by atoms with Gasteiger partial charge in [-0.2, -0.15) is 0 Å². The van der Waals surface area contributed by atoms with Gasteiger partial charge in [0.2, 0.25) is 0 Å². The Morgan fingerprint density at radius 1 is 1.36 bits per heavy atom. The number of ketones is 1. The van der Waals surface area contributed by atoms with Crippen LogP contribution in [0.3, 0.4) is 0 Å². The smallest absolute Gasteiger partial charge is 0.417 e. The lowest BCUT2D eigenvalue weighted by Gasteiger charge is -2.31. The van der Waals surface area contributed by atoms with Crippen LogP contribution in [0.1, 0.15) is 20.3 Å². The SMILES string of the molecule is CO[C@H](C(=O)N1C(=O)OC[C@@H]1C(C)C)[C@@H]1OC(=CCCOCCO)C=CC1=O. The van der Waals surface area contributed by atoms with Crippen LogP contribution in [0.15, 0.2) is 24.0 Å². The zero-order valence-corrected chi connectivity index (χ0v) is 16.3. The number of hydrogen-bond acceptors (Lipinski definition) is 8. The normalized spacial score (nSPS) is 24.6. The van der Waals surface area contributed by atoms with Crippen molar-refractivity contribution in [3.05, 3.63) is 24.0 Å². The zero-order chi connectivity index (χ0) is 20.7. The second kappa shape index (κ2) is 10.4. The number of methoxy groups -OCH3 is 1. The van der Waals surface area contributed by atoms with Crippen LogP contribution in [0, 0.1) is 5.92 Å². The molecule has 156 valence electrons. The van der Waals surface area contributed by atoms with Crippen LogP contribution in [0.25, 0.3) is 0 Å². The lowest BCUT2D eigenvalue weighted by atomic mass is 10.0. The van der Waals surface area contributed by atoms with E-state index >= 15 is 0 Å². The Morgan fingerprint density at radius 3 is 2.75 bits per heavy atom. The van der Waals surface area contributed by atoms with Crippen molar-refractivity contribution < 1.29 is 38.4 Å². The molecule has 0 aromatic rings. The minimum atomic E-state index is -1.28. The summed E-state index contributed by atoms with van der Waals surface area (Å²) in [5.74, 6) is -0.702. The predicted octanol–water partition coefficient (Wildman–Crippen LogP) is 0.812. The van der Waals surface area contributed by atoms with Gasteiger partial charge in [-0.3, -0.25) is 9.59 Å². The first-order valence-corrected chi connectivity index (χ1v) is 9.20. The monoisotopic (exact) mass is 397 g/mol. The molecule has 0 bridgehead atoms. The van der Waals surface area contributed by atoms with Gasteiger partial charge in [0.25, 0.3) is 5.91 Å². The molecule has 1 fully saturated rings. The average Bonchev–Trinajstić information content (AvgIpc) is 3.06. The minimum Gasteiger partial charge on any atom is -0.479 e. The van der Waals surface area contributed by atoms with Crippen molar-refractivity contribution >= 4 is 17.8 Å². The Kier molecular flexibility index (Phi) is 8.16. The van der Waals surface area contributed by atoms with Gasteiger partial charge in [0.05, 0.1) is 25.9 Å². The highest BCUT2D eigenvalue weighted by atomic mass is 16.6. The van der Waals surface area contributed by atoms with E-state index in [1.807, 2.05) is 13.8 Å². The van der Waals surface area contributed by atoms with E-state index in [9.17, 15) is 14.4 Å². The number of rotatable bonds is 9. The van der Waals surface area contributed by atoms with E-state index in [4.69, 9.17) is 24.1 Å². The summed E-state index contributed by atoms with van der Waals surface area (Å²) in [6.07, 6.45) is 1.80. The van der Waals surface area contributed by atoms with Gasteiger partial charge in [-0.1, -0.05) is 13.8 Å². The molecule has 2 rings (SSSR count). The molecule has 2 aliphatic rings. The lowest BCUT2D eigenvalue weighted by molar-refractivity contribution is -0.154. The van der Waals surface area contributed by atoms with Crippen LogP contribution in [-0.2, 0) is 28.5 Å². The van der Waals surface area contributed by atoms with Gasteiger partial charge in [0, 0.05) is 7.11 Å². The van der Waals surface area contributed by atoms with Crippen molar-refractivity contribution in [2.75, 3.05) is 33.5 Å². The van der Waals surface area contributed by atoms with Gasteiger partial charge in [0.15, 0.2) is 18.0 Å². The van der Waals surface area contributed by atoms with Gasteiger partial charge >= 0.3 is 6.09 Å². The number of cyclic esters (lactones) is 1. The molecular formula is C19H27NO8. The van der Waals surface area contributed by atoms with Gasteiger partial charge in [-0.15, -0.1) is 0 Å². The number of allylic oxidation sites excluding steroid dienone is 1. The fraction of sp³-hybridized carbons (Fsp3) is 0.632. The highest BCUT2D eigenvalue weighted by Crippen LogP contribution is 2.25. The summed E-state index contributed by atoms with van der Waals surface area (Å²) < 4.78 is 21.1. The molecule has 28 heavy (non-hydrogen) atoms. The molecule has 0 saturated carbocycles. The fourth-order valence-electron chi connectivity index (χ4n) is 2.95. The summed E-state index contributed by atoms with van der Waals surface area (Å²) in [4.78, 5) is 38.3. The summed E-state index contributed by atoms with van der Waals surface area (Å²) in [6.45, 7) is 4.42. The zero-order valence-electron chi connectivity index (χ0n) is 16.3. The summed E-state index contributed by atoms with van der Waals surface area (Å²) in [6, 6.07) is -0.425. The first kappa shape index (κ1) is 22.1. The van der Waals surface area contributed by atoms with E-state index in [1.165, 1.54) is 19.3 Å². The highest BCUT2D eigenvalue weighted by Gasteiger charge is 2.47. The molecule has 0 unspecified atom stereocenters. The van der Waals surface area contributed by atoms with E-state index in [1.54, 1.807) is 6.08 Å². The maximum absolute atomic E-state index is 13.0. The molecule has 2 aliphatic heterocycles.